The number of fused-ring (bicyclic) bond motifs is 1. The Kier molecular flexibility index (Phi) is 5.04. The molecule has 2 aromatic carbocycles. The second kappa shape index (κ2) is 7.80. The van der Waals surface area contributed by atoms with Crippen molar-refractivity contribution >= 4 is 17.4 Å². The number of nitrogens with one attached hydrogen (secondary N) is 2. The quantitative estimate of drug-likeness (QED) is 0.699. The van der Waals surface area contributed by atoms with E-state index in [-0.39, 0.29) is 23.9 Å². The van der Waals surface area contributed by atoms with Gasteiger partial charge in [0, 0.05) is 40.6 Å². The lowest BCUT2D eigenvalue weighted by Crippen LogP contribution is -2.39. The fourth-order valence-electron chi connectivity index (χ4n) is 5.00. The van der Waals surface area contributed by atoms with E-state index in [2.05, 4.69) is 24.5 Å². The number of benzene rings is 2. The third kappa shape index (κ3) is 3.90. The van der Waals surface area contributed by atoms with Crippen molar-refractivity contribution < 1.29 is 19.1 Å². The summed E-state index contributed by atoms with van der Waals surface area (Å²) >= 11 is 0. The number of amides is 1. The summed E-state index contributed by atoms with van der Waals surface area (Å²) in [6.45, 7) is 8.28. The molecule has 0 saturated carbocycles. The first-order valence-electron chi connectivity index (χ1n) is 11.2. The summed E-state index contributed by atoms with van der Waals surface area (Å²) < 4.78 is 11.1. The zero-order valence-electron chi connectivity index (χ0n) is 19.4. The number of ether oxygens (including phenoxy) is 2. The van der Waals surface area contributed by atoms with Crippen LogP contribution in [0.2, 0.25) is 0 Å². The van der Waals surface area contributed by atoms with Crippen LogP contribution in [0.4, 0.5) is 5.69 Å². The number of allylic oxidation sites excluding steroid dienone is 3. The number of Topliss-reactive ketones (excluding diaryl/α,β-unsaturated/α-hetero) is 1. The predicted octanol–water partition coefficient (Wildman–Crippen LogP) is 4.97. The summed E-state index contributed by atoms with van der Waals surface area (Å²) in [5.41, 5.74) is 5.42. The van der Waals surface area contributed by atoms with Crippen LogP contribution >= 0.6 is 0 Å². The largest absolute Gasteiger partial charge is 0.454 e. The molecule has 0 bridgehead atoms. The minimum Gasteiger partial charge on any atom is -0.454 e. The molecular weight excluding hydrogens is 416 g/mol. The Labute approximate surface area is 193 Å². The van der Waals surface area contributed by atoms with Crippen LogP contribution in [0.1, 0.15) is 50.7 Å². The van der Waals surface area contributed by atoms with Gasteiger partial charge < -0.3 is 20.1 Å². The Morgan fingerprint density at radius 1 is 1.03 bits per heavy atom. The first-order valence-corrected chi connectivity index (χ1v) is 11.2. The number of dihydropyridines is 1. The summed E-state index contributed by atoms with van der Waals surface area (Å²) in [6.07, 6.45) is 1.19. The Morgan fingerprint density at radius 3 is 2.52 bits per heavy atom. The highest BCUT2D eigenvalue weighted by Gasteiger charge is 2.43. The molecule has 0 fully saturated rings. The van der Waals surface area contributed by atoms with Crippen molar-refractivity contribution in [1.82, 2.24) is 5.32 Å². The van der Waals surface area contributed by atoms with E-state index >= 15 is 0 Å². The average Bonchev–Trinajstić information content (AvgIpc) is 3.21. The maximum Gasteiger partial charge on any atom is 0.254 e. The van der Waals surface area contributed by atoms with Gasteiger partial charge in [-0.3, -0.25) is 9.59 Å². The molecule has 0 saturated heterocycles. The highest BCUT2D eigenvalue weighted by molar-refractivity contribution is 6.10. The maximum absolute atomic E-state index is 13.6. The van der Waals surface area contributed by atoms with Gasteiger partial charge in [-0.1, -0.05) is 37.6 Å². The van der Waals surface area contributed by atoms with E-state index in [0.717, 1.165) is 28.9 Å². The molecule has 2 N–H and O–H groups in total. The molecule has 0 spiro atoms. The third-order valence-corrected chi connectivity index (χ3v) is 6.52. The molecule has 170 valence electrons. The van der Waals surface area contributed by atoms with Crippen LogP contribution in [0, 0.1) is 12.3 Å². The van der Waals surface area contributed by atoms with Gasteiger partial charge in [0.15, 0.2) is 17.3 Å². The molecule has 1 atom stereocenters. The summed E-state index contributed by atoms with van der Waals surface area (Å²) in [7, 11) is 0. The van der Waals surface area contributed by atoms with Gasteiger partial charge in [-0.05, 0) is 55.5 Å². The van der Waals surface area contributed by atoms with E-state index < -0.39 is 5.92 Å². The van der Waals surface area contributed by atoms with E-state index in [9.17, 15) is 9.59 Å². The molecule has 2 aromatic rings. The summed E-state index contributed by atoms with van der Waals surface area (Å²) in [4.78, 5) is 27.0. The maximum atomic E-state index is 13.6. The molecule has 1 aliphatic carbocycles. The smallest absolute Gasteiger partial charge is 0.254 e. The standard InChI is InChI=1S/C27H28N2O4/c1-15-5-8-18(9-6-15)29-26(31)23-16(2)28-19-12-27(3,4)13-20(30)25(19)24(23)17-7-10-21-22(11-17)33-14-32-21/h5-11,24,28H,12-14H2,1-4H3,(H,29,31)/t24-/m1/s1. The van der Waals surface area contributed by atoms with E-state index in [1.807, 2.05) is 56.3 Å². The molecule has 3 aliphatic rings. The minimum atomic E-state index is -0.482. The number of hydrogen-bond donors (Lipinski definition) is 2. The van der Waals surface area contributed by atoms with E-state index in [4.69, 9.17) is 9.47 Å². The van der Waals surface area contributed by atoms with E-state index in [0.29, 0.717) is 34.8 Å². The number of carbonyl (C=O) groups is 2. The second-order valence-electron chi connectivity index (χ2n) is 9.86. The fourth-order valence-corrected chi connectivity index (χ4v) is 5.00. The molecule has 6 nitrogen and oxygen atoms in total. The van der Waals surface area contributed by atoms with Crippen molar-refractivity contribution in [3.63, 3.8) is 0 Å². The number of anilines is 1. The van der Waals surface area contributed by atoms with Crippen molar-refractivity contribution in [2.24, 2.45) is 5.41 Å². The minimum absolute atomic E-state index is 0.0737. The van der Waals surface area contributed by atoms with Gasteiger partial charge in [-0.25, -0.2) is 0 Å². The van der Waals surface area contributed by atoms with Crippen LogP contribution in [0.25, 0.3) is 0 Å². The van der Waals surface area contributed by atoms with Crippen molar-refractivity contribution in [1.29, 1.82) is 0 Å². The van der Waals surface area contributed by atoms with Crippen molar-refractivity contribution in [3.8, 4) is 11.5 Å². The average molecular weight is 445 g/mol. The van der Waals surface area contributed by atoms with E-state index in [1.165, 1.54) is 0 Å². The molecule has 1 amide bonds. The van der Waals surface area contributed by atoms with Gasteiger partial charge >= 0.3 is 0 Å². The van der Waals surface area contributed by atoms with Crippen LogP contribution in [-0.2, 0) is 9.59 Å². The van der Waals surface area contributed by atoms with Crippen LogP contribution in [0.5, 0.6) is 11.5 Å². The summed E-state index contributed by atoms with van der Waals surface area (Å²) in [5, 5.41) is 6.43. The molecular formula is C27H28N2O4. The second-order valence-corrected chi connectivity index (χ2v) is 9.86. The molecule has 2 aliphatic heterocycles. The van der Waals surface area contributed by atoms with Gasteiger partial charge in [0.2, 0.25) is 6.79 Å². The van der Waals surface area contributed by atoms with Crippen LogP contribution in [-0.4, -0.2) is 18.5 Å². The Balaban J connectivity index is 1.60. The Bertz CT molecular complexity index is 1220. The molecule has 0 aromatic heterocycles. The molecule has 0 radical (unpaired) electrons. The van der Waals surface area contributed by atoms with Crippen LogP contribution in [0.15, 0.2) is 65.0 Å². The lowest BCUT2D eigenvalue weighted by molar-refractivity contribution is -0.118. The first-order chi connectivity index (χ1) is 15.7. The van der Waals surface area contributed by atoms with Gasteiger partial charge in [0.25, 0.3) is 5.91 Å². The Morgan fingerprint density at radius 2 is 1.76 bits per heavy atom. The molecule has 5 rings (SSSR count). The number of aryl methyl sites for hydroxylation is 1. The van der Waals surface area contributed by atoms with Crippen molar-refractivity contribution in [3.05, 3.63) is 76.1 Å². The highest BCUT2D eigenvalue weighted by atomic mass is 16.7. The van der Waals surface area contributed by atoms with Gasteiger partial charge in [-0.15, -0.1) is 0 Å². The van der Waals surface area contributed by atoms with E-state index in [1.54, 1.807) is 0 Å². The number of rotatable bonds is 3. The van der Waals surface area contributed by atoms with Crippen molar-refractivity contribution in [2.45, 2.75) is 46.5 Å². The lowest BCUT2D eigenvalue weighted by Gasteiger charge is -2.39. The van der Waals surface area contributed by atoms with Crippen molar-refractivity contribution in [2.75, 3.05) is 12.1 Å². The van der Waals surface area contributed by atoms with Crippen LogP contribution in [0.3, 0.4) is 0 Å². The van der Waals surface area contributed by atoms with Gasteiger partial charge in [-0.2, -0.15) is 0 Å². The molecule has 33 heavy (non-hydrogen) atoms. The molecule has 2 heterocycles. The SMILES string of the molecule is CC1=C(C(=O)Nc2ccc(C)cc2)[C@@H](c2ccc3c(c2)OCO3)C2=C(CC(C)(C)CC2=O)N1. The normalized spacial score (nSPS) is 21.0. The number of ketones is 1. The van der Waals surface area contributed by atoms with Gasteiger partial charge in [0.05, 0.1) is 0 Å². The zero-order chi connectivity index (χ0) is 23.3. The summed E-state index contributed by atoms with van der Waals surface area (Å²) in [5.74, 6) is 0.669. The third-order valence-electron chi connectivity index (χ3n) is 6.52. The zero-order valence-corrected chi connectivity index (χ0v) is 19.4. The van der Waals surface area contributed by atoms with Gasteiger partial charge in [0.1, 0.15) is 0 Å². The summed E-state index contributed by atoms with van der Waals surface area (Å²) in [6, 6.07) is 13.3. The van der Waals surface area contributed by atoms with Crippen LogP contribution < -0.4 is 20.1 Å². The Hall–Kier alpha value is -3.54. The first kappa shape index (κ1) is 21.3. The number of carbonyl (C=O) groups excluding carboxylic acids is 2. The molecule has 6 heteroatoms. The topological polar surface area (TPSA) is 76.7 Å². The molecule has 0 unspecified atom stereocenters. The number of hydrogen-bond acceptors (Lipinski definition) is 5. The monoisotopic (exact) mass is 444 g/mol. The predicted molar refractivity (Wildman–Crippen MR) is 126 cm³/mol. The highest BCUT2D eigenvalue weighted by Crippen LogP contribution is 2.48. The lowest BCUT2D eigenvalue weighted by atomic mass is 9.68. The fraction of sp³-hybridized carbons (Fsp3) is 0.333.